The van der Waals surface area contributed by atoms with Crippen molar-refractivity contribution in [1.82, 2.24) is 4.90 Å². The third-order valence-electron chi connectivity index (χ3n) is 2.69. The van der Waals surface area contributed by atoms with E-state index in [1.807, 2.05) is 12.2 Å². The van der Waals surface area contributed by atoms with Gasteiger partial charge in [0.25, 0.3) is 0 Å². The van der Waals surface area contributed by atoms with Crippen LogP contribution in [0.2, 0.25) is 0 Å². The second-order valence-electron chi connectivity index (χ2n) is 3.95. The summed E-state index contributed by atoms with van der Waals surface area (Å²) in [4.78, 5) is 13.8. The van der Waals surface area contributed by atoms with E-state index in [0.717, 1.165) is 18.7 Å². The average Bonchev–Trinajstić information content (AvgIpc) is 2.64. The number of likely N-dealkylation sites (tertiary alicyclic amines) is 1. The van der Waals surface area contributed by atoms with E-state index in [0.29, 0.717) is 18.1 Å². The van der Waals surface area contributed by atoms with Gasteiger partial charge in [-0.05, 0) is 7.05 Å². The summed E-state index contributed by atoms with van der Waals surface area (Å²) in [6, 6.07) is 0. The number of ketones is 1. The van der Waals surface area contributed by atoms with Crippen LogP contribution in [-0.2, 0) is 4.79 Å². The molecule has 2 nitrogen and oxygen atoms in total. The van der Waals surface area contributed by atoms with Crippen molar-refractivity contribution >= 4 is 5.78 Å². The summed E-state index contributed by atoms with van der Waals surface area (Å²) in [5.41, 5.74) is 0.972. The van der Waals surface area contributed by atoms with E-state index < -0.39 is 0 Å². The van der Waals surface area contributed by atoms with Crippen molar-refractivity contribution in [3.05, 3.63) is 36.0 Å². The molecule has 0 saturated carbocycles. The fourth-order valence-corrected chi connectivity index (χ4v) is 1.85. The molecule has 2 rings (SSSR count). The van der Waals surface area contributed by atoms with Crippen LogP contribution in [0.25, 0.3) is 0 Å². The number of rotatable bonds is 1. The van der Waals surface area contributed by atoms with Gasteiger partial charge in [0.15, 0.2) is 5.78 Å². The Morgan fingerprint density at radius 2 is 2.14 bits per heavy atom. The zero-order valence-electron chi connectivity index (χ0n) is 8.44. The van der Waals surface area contributed by atoms with Crippen molar-refractivity contribution in [3.63, 3.8) is 0 Å². The van der Waals surface area contributed by atoms with E-state index in [1.165, 1.54) is 0 Å². The third-order valence-corrected chi connectivity index (χ3v) is 2.69. The molecule has 0 aromatic carbocycles. The summed E-state index contributed by atoms with van der Waals surface area (Å²) in [5, 5.41) is 0. The molecule has 0 unspecified atom stereocenters. The van der Waals surface area contributed by atoms with Crippen LogP contribution in [-0.4, -0.2) is 30.8 Å². The summed E-state index contributed by atoms with van der Waals surface area (Å²) < 4.78 is 0. The van der Waals surface area contributed by atoms with E-state index >= 15 is 0 Å². The number of Topliss-reactive ketones (excluding diaryl/α,β-unsaturated/α-hetero) is 1. The molecule has 1 aliphatic carbocycles. The molecule has 0 bridgehead atoms. The van der Waals surface area contributed by atoms with Gasteiger partial charge in [-0.1, -0.05) is 30.4 Å². The lowest BCUT2D eigenvalue weighted by atomic mass is 9.99. The Bertz CT molecular complexity index is 313. The van der Waals surface area contributed by atoms with Crippen LogP contribution in [0.4, 0.5) is 0 Å². The minimum atomic E-state index is 0.316. The highest BCUT2D eigenvalue weighted by molar-refractivity contribution is 5.96. The van der Waals surface area contributed by atoms with Crippen LogP contribution in [0, 0.1) is 5.92 Å². The van der Waals surface area contributed by atoms with Crippen molar-refractivity contribution in [2.45, 2.75) is 6.42 Å². The normalized spacial score (nSPS) is 26.6. The minimum absolute atomic E-state index is 0.316. The number of hydrogen-bond donors (Lipinski definition) is 0. The van der Waals surface area contributed by atoms with Gasteiger partial charge in [0.2, 0.25) is 0 Å². The first-order valence-corrected chi connectivity index (χ1v) is 5.03. The van der Waals surface area contributed by atoms with Gasteiger partial charge in [-0.2, -0.15) is 0 Å². The van der Waals surface area contributed by atoms with Crippen LogP contribution in [0.3, 0.4) is 0 Å². The molecule has 0 aromatic rings. The second kappa shape index (κ2) is 3.93. The SMILES string of the molecule is CN1CCC(=O)C(=CC2C=CC=C2)C1. The maximum absolute atomic E-state index is 11.6. The molecule has 0 amide bonds. The van der Waals surface area contributed by atoms with Crippen molar-refractivity contribution < 1.29 is 4.79 Å². The summed E-state index contributed by atoms with van der Waals surface area (Å²) >= 11 is 0. The molecular formula is C12H15NO. The van der Waals surface area contributed by atoms with Gasteiger partial charge in [0, 0.05) is 31.0 Å². The highest BCUT2D eigenvalue weighted by atomic mass is 16.1. The average molecular weight is 189 g/mol. The number of likely N-dealkylation sites (N-methyl/N-ethyl adjacent to an activating group) is 1. The highest BCUT2D eigenvalue weighted by Gasteiger charge is 2.19. The predicted octanol–water partition coefficient (Wildman–Crippen LogP) is 1.56. The van der Waals surface area contributed by atoms with Crippen LogP contribution < -0.4 is 0 Å². The Labute approximate surface area is 84.6 Å². The standard InChI is InChI=1S/C12H15NO/c1-13-7-6-12(14)11(9-13)8-10-4-2-3-5-10/h2-5,8,10H,6-7,9H2,1H3. The van der Waals surface area contributed by atoms with Gasteiger partial charge >= 0.3 is 0 Å². The fraction of sp³-hybridized carbons (Fsp3) is 0.417. The minimum Gasteiger partial charge on any atom is -0.302 e. The van der Waals surface area contributed by atoms with E-state index in [-0.39, 0.29) is 0 Å². The molecule has 14 heavy (non-hydrogen) atoms. The number of carbonyl (C=O) groups excluding carboxylic acids is 1. The van der Waals surface area contributed by atoms with Crippen LogP contribution in [0.5, 0.6) is 0 Å². The second-order valence-corrected chi connectivity index (χ2v) is 3.95. The Kier molecular flexibility index (Phi) is 2.64. The lowest BCUT2D eigenvalue weighted by Gasteiger charge is -2.23. The van der Waals surface area contributed by atoms with Gasteiger partial charge in [-0.25, -0.2) is 0 Å². The van der Waals surface area contributed by atoms with E-state index in [2.05, 4.69) is 30.2 Å². The summed E-state index contributed by atoms with van der Waals surface area (Å²) in [6.07, 6.45) is 11.0. The number of nitrogens with zero attached hydrogens (tertiary/aromatic N) is 1. The molecule has 0 atom stereocenters. The molecular weight excluding hydrogens is 174 g/mol. The molecule has 1 fully saturated rings. The van der Waals surface area contributed by atoms with Crippen molar-refractivity contribution in [2.75, 3.05) is 20.1 Å². The van der Waals surface area contributed by atoms with Gasteiger partial charge in [0.05, 0.1) is 0 Å². The largest absolute Gasteiger partial charge is 0.302 e. The summed E-state index contributed by atoms with van der Waals surface area (Å²) in [6.45, 7) is 1.70. The maximum atomic E-state index is 11.6. The van der Waals surface area contributed by atoms with E-state index in [4.69, 9.17) is 0 Å². The molecule has 1 aliphatic heterocycles. The Hall–Kier alpha value is -1.15. The van der Waals surface area contributed by atoms with E-state index in [9.17, 15) is 4.79 Å². The highest BCUT2D eigenvalue weighted by Crippen LogP contribution is 2.17. The fourth-order valence-electron chi connectivity index (χ4n) is 1.85. The molecule has 2 heteroatoms. The molecule has 1 saturated heterocycles. The topological polar surface area (TPSA) is 20.3 Å². The first-order chi connectivity index (χ1) is 6.75. The molecule has 74 valence electrons. The first-order valence-electron chi connectivity index (χ1n) is 5.03. The lowest BCUT2D eigenvalue weighted by Crippen LogP contribution is -2.32. The molecule has 2 aliphatic rings. The Morgan fingerprint density at radius 1 is 1.43 bits per heavy atom. The summed E-state index contributed by atoms with van der Waals surface area (Å²) in [5.74, 6) is 0.650. The molecule has 0 spiro atoms. The molecule has 1 heterocycles. The van der Waals surface area contributed by atoms with Crippen LogP contribution in [0.15, 0.2) is 36.0 Å². The zero-order valence-corrected chi connectivity index (χ0v) is 8.44. The number of hydrogen-bond acceptors (Lipinski definition) is 2. The predicted molar refractivity (Wildman–Crippen MR) is 57.0 cm³/mol. The Morgan fingerprint density at radius 3 is 2.86 bits per heavy atom. The van der Waals surface area contributed by atoms with Crippen LogP contribution in [0.1, 0.15) is 6.42 Å². The number of carbonyl (C=O) groups is 1. The van der Waals surface area contributed by atoms with E-state index in [1.54, 1.807) is 0 Å². The van der Waals surface area contributed by atoms with Crippen LogP contribution >= 0.6 is 0 Å². The lowest BCUT2D eigenvalue weighted by molar-refractivity contribution is -0.117. The third kappa shape index (κ3) is 2.02. The first kappa shape index (κ1) is 9.41. The molecule has 0 aromatic heterocycles. The van der Waals surface area contributed by atoms with Crippen molar-refractivity contribution in [1.29, 1.82) is 0 Å². The monoisotopic (exact) mass is 189 g/mol. The number of piperidine rings is 1. The summed E-state index contributed by atoms with van der Waals surface area (Å²) in [7, 11) is 2.06. The maximum Gasteiger partial charge on any atom is 0.161 e. The van der Waals surface area contributed by atoms with Gasteiger partial charge in [-0.3, -0.25) is 4.79 Å². The zero-order chi connectivity index (χ0) is 9.97. The van der Waals surface area contributed by atoms with Crippen molar-refractivity contribution in [3.8, 4) is 0 Å². The Balaban J connectivity index is 2.10. The van der Waals surface area contributed by atoms with Gasteiger partial charge in [-0.15, -0.1) is 0 Å². The molecule has 0 radical (unpaired) electrons. The number of allylic oxidation sites excluding steroid dienone is 5. The van der Waals surface area contributed by atoms with Crippen molar-refractivity contribution in [2.24, 2.45) is 5.92 Å². The quantitative estimate of drug-likeness (QED) is 0.583. The smallest absolute Gasteiger partial charge is 0.161 e. The van der Waals surface area contributed by atoms with Gasteiger partial charge in [0.1, 0.15) is 0 Å². The molecule has 0 N–H and O–H groups in total. The van der Waals surface area contributed by atoms with Gasteiger partial charge < -0.3 is 4.90 Å².